The first-order chi connectivity index (χ1) is 9.60. The van der Waals surface area contributed by atoms with Crippen LogP contribution >= 0.6 is 23.2 Å². The van der Waals surface area contributed by atoms with Gasteiger partial charge in [-0.1, -0.05) is 23.2 Å². The first-order valence-electron chi connectivity index (χ1n) is 6.82. The molecule has 1 aromatic carbocycles. The maximum absolute atomic E-state index is 12.9. The molecule has 0 radical (unpaired) electrons. The number of hydrogen-bond acceptors (Lipinski definition) is 3. The van der Waals surface area contributed by atoms with Gasteiger partial charge in [0, 0.05) is 18.8 Å². The van der Waals surface area contributed by atoms with Crippen molar-refractivity contribution >= 4 is 34.8 Å². The van der Waals surface area contributed by atoms with E-state index in [0.717, 1.165) is 37.2 Å². The van der Waals surface area contributed by atoms with Gasteiger partial charge in [-0.2, -0.15) is 0 Å². The molecule has 20 heavy (non-hydrogen) atoms. The summed E-state index contributed by atoms with van der Waals surface area (Å²) in [7, 11) is 0. The lowest BCUT2D eigenvalue weighted by Crippen LogP contribution is -2.48. The van der Waals surface area contributed by atoms with Crippen LogP contribution in [0.2, 0.25) is 10.0 Å². The minimum absolute atomic E-state index is 0.137. The van der Waals surface area contributed by atoms with Crippen LogP contribution < -0.4 is 16.0 Å². The van der Waals surface area contributed by atoms with Crippen molar-refractivity contribution in [1.29, 1.82) is 0 Å². The van der Waals surface area contributed by atoms with Gasteiger partial charge in [-0.3, -0.25) is 4.79 Å². The monoisotopic (exact) mass is 313 g/mol. The average molecular weight is 314 g/mol. The third-order valence-corrected chi connectivity index (χ3v) is 5.03. The molecule has 1 saturated heterocycles. The van der Waals surface area contributed by atoms with E-state index in [9.17, 15) is 4.79 Å². The van der Waals surface area contributed by atoms with E-state index < -0.39 is 5.41 Å². The standard InChI is InChI=1S/C14H17Cl2N3O/c15-10-7-9-12(8-11(10)16)19(6-3-17)13(20)14(9)1-4-18-5-2-14/h7-8,18H,1-6,17H2. The van der Waals surface area contributed by atoms with E-state index in [1.807, 2.05) is 6.07 Å². The summed E-state index contributed by atoms with van der Waals surface area (Å²) < 4.78 is 0. The molecule has 6 heteroatoms. The van der Waals surface area contributed by atoms with Gasteiger partial charge < -0.3 is 16.0 Å². The molecule has 1 aromatic rings. The van der Waals surface area contributed by atoms with E-state index in [4.69, 9.17) is 28.9 Å². The van der Waals surface area contributed by atoms with Gasteiger partial charge in [0.25, 0.3) is 0 Å². The third-order valence-electron chi connectivity index (χ3n) is 4.31. The molecule has 0 aliphatic carbocycles. The Hall–Kier alpha value is -0.810. The highest BCUT2D eigenvalue weighted by Crippen LogP contribution is 2.49. The second-order valence-electron chi connectivity index (χ2n) is 5.36. The number of carbonyl (C=O) groups is 1. The smallest absolute Gasteiger partial charge is 0.237 e. The largest absolute Gasteiger partial charge is 0.329 e. The van der Waals surface area contributed by atoms with Crippen molar-refractivity contribution in [3.63, 3.8) is 0 Å². The minimum atomic E-state index is -0.454. The number of amides is 1. The van der Waals surface area contributed by atoms with Gasteiger partial charge in [-0.15, -0.1) is 0 Å². The predicted octanol–water partition coefficient (Wildman–Crippen LogP) is 1.92. The SMILES string of the molecule is NCCN1C(=O)C2(CCNCC2)c2cc(Cl)c(Cl)cc21. The van der Waals surface area contributed by atoms with Crippen molar-refractivity contribution < 1.29 is 4.79 Å². The van der Waals surface area contributed by atoms with Crippen LogP contribution in [0, 0.1) is 0 Å². The summed E-state index contributed by atoms with van der Waals surface area (Å²) in [6.07, 6.45) is 1.58. The van der Waals surface area contributed by atoms with Crippen molar-refractivity contribution in [2.75, 3.05) is 31.1 Å². The highest BCUT2D eigenvalue weighted by atomic mass is 35.5. The molecule has 4 nitrogen and oxygen atoms in total. The van der Waals surface area contributed by atoms with Gasteiger partial charge in [-0.05, 0) is 43.6 Å². The summed E-state index contributed by atoms with van der Waals surface area (Å²) in [5, 5.41) is 4.29. The number of rotatable bonds is 2. The zero-order chi connectivity index (χ0) is 14.3. The van der Waals surface area contributed by atoms with E-state index in [0.29, 0.717) is 23.1 Å². The maximum atomic E-state index is 12.9. The van der Waals surface area contributed by atoms with Crippen LogP contribution in [-0.2, 0) is 10.2 Å². The van der Waals surface area contributed by atoms with E-state index >= 15 is 0 Å². The Morgan fingerprint density at radius 3 is 2.55 bits per heavy atom. The molecule has 2 aliphatic heterocycles. The highest BCUT2D eigenvalue weighted by molar-refractivity contribution is 6.42. The summed E-state index contributed by atoms with van der Waals surface area (Å²) in [5.41, 5.74) is 7.07. The fraction of sp³-hybridized carbons (Fsp3) is 0.500. The molecule has 3 N–H and O–H groups in total. The zero-order valence-electron chi connectivity index (χ0n) is 11.1. The lowest BCUT2D eigenvalue weighted by Gasteiger charge is -2.33. The molecule has 2 heterocycles. The van der Waals surface area contributed by atoms with Crippen LogP contribution in [0.3, 0.4) is 0 Å². The molecule has 1 amide bonds. The van der Waals surface area contributed by atoms with Gasteiger partial charge in [0.1, 0.15) is 0 Å². The van der Waals surface area contributed by atoms with E-state index in [1.54, 1.807) is 11.0 Å². The molecule has 1 fully saturated rings. The quantitative estimate of drug-likeness (QED) is 0.877. The summed E-state index contributed by atoms with van der Waals surface area (Å²) >= 11 is 12.3. The molecule has 1 spiro atoms. The van der Waals surface area contributed by atoms with E-state index in [2.05, 4.69) is 5.32 Å². The van der Waals surface area contributed by atoms with E-state index in [1.165, 1.54) is 0 Å². The Kier molecular flexibility index (Phi) is 3.67. The third kappa shape index (κ3) is 1.94. The van der Waals surface area contributed by atoms with Gasteiger partial charge in [0.2, 0.25) is 5.91 Å². The maximum Gasteiger partial charge on any atom is 0.237 e. The summed E-state index contributed by atoms with van der Waals surface area (Å²) in [6.45, 7) is 2.61. The van der Waals surface area contributed by atoms with Gasteiger partial charge >= 0.3 is 0 Å². The van der Waals surface area contributed by atoms with Crippen molar-refractivity contribution in [3.05, 3.63) is 27.7 Å². The number of fused-ring (bicyclic) bond motifs is 2. The number of nitrogens with one attached hydrogen (secondary N) is 1. The van der Waals surface area contributed by atoms with Crippen LogP contribution in [0.25, 0.3) is 0 Å². The molecule has 108 valence electrons. The molecule has 0 bridgehead atoms. The van der Waals surface area contributed by atoms with Crippen LogP contribution in [0.4, 0.5) is 5.69 Å². The van der Waals surface area contributed by atoms with Crippen LogP contribution in [-0.4, -0.2) is 32.1 Å². The molecule has 2 aliphatic rings. The molecule has 0 saturated carbocycles. The average Bonchev–Trinajstić information content (AvgIpc) is 2.65. The van der Waals surface area contributed by atoms with Crippen molar-refractivity contribution in [2.45, 2.75) is 18.3 Å². The lowest BCUT2D eigenvalue weighted by molar-refractivity contribution is -0.124. The number of anilines is 1. The summed E-state index contributed by atoms with van der Waals surface area (Å²) in [4.78, 5) is 14.7. The topological polar surface area (TPSA) is 58.4 Å². The molecule has 0 aromatic heterocycles. The van der Waals surface area contributed by atoms with Crippen molar-refractivity contribution in [2.24, 2.45) is 5.73 Å². The molecule has 0 unspecified atom stereocenters. The number of nitrogens with two attached hydrogens (primary N) is 1. The van der Waals surface area contributed by atoms with Crippen molar-refractivity contribution in [1.82, 2.24) is 5.32 Å². The van der Waals surface area contributed by atoms with Crippen molar-refractivity contribution in [3.8, 4) is 0 Å². The van der Waals surface area contributed by atoms with Crippen LogP contribution in [0.5, 0.6) is 0 Å². The Labute approximate surface area is 128 Å². The minimum Gasteiger partial charge on any atom is -0.329 e. The highest BCUT2D eigenvalue weighted by Gasteiger charge is 2.51. The molecule has 3 rings (SSSR count). The predicted molar refractivity (Wildman–Crippen MR) is 81.7 cm³/mol. The molecular formula is C14H17Cl2N3O. The number of hydrogen-bond donors (Lipinski definition) is 2. The lowest BCUT2D eigenvalue weighted by atomic mass is 9.74. The van der Waals surface area contributed by atoms with Gasteiger partial charge in [0.05, 0.1) is 15.5 Å². The Morgan fingerprint density at radius 1 is 1.25 bits per heavy atom. The number of piperidine rings is 1. The van der Waals surface area contributed by atoms with Crippen LogP contribution in [0.1, 0.15) is 18.4 Å². The fourth-order valence-electron chi connectivity index (χ4n) is 3.31. The second kappa shape index (κ2) is 5.19. The van der Waals surface area contributed by atoms with E-state index in [-0.39, 0.29) is 5.91 Å². The Morgan fingerprint density at radius 2 is 1.90 bits per heavy atom. The molecule has 0 atom stereocenters. The summed E-state index contributed by atoms with van der Waals surface area (Å²) in [6, 6.07) is 3.66. The van der Waals surface area contributed by atoms with Gasteiger partial charge in [0.15, 0.2) is 0 Å². The Balaban J connectivity index is 2.15. The zero-order valence-corrected chi connectivity index (χ0v) is 12.6. The fourth-order valence-corrected chi connectivity index (χ4v) is 3.64. The molecular weight excluding hydrogens is 297 g/mol. The summed E-state index contributed by atoms with van der Waals surface area (Å²) in [5.74, 6) is 0.137. The first-order valence-corrected chi connectivity index (χ1v) is 7.58. The number of benzene rings is 1. The van der Waals surface area contributed by atoms with Crippen LogP contribution in [0.15, 0.2) is 12.1 Å². The normalized spacial score (nSPS) is 20.6. The number of carbonyl (C=O) groups excluding carboxylic acids is 1. The number of nitrogens with zero attached hydrogens (tertiary/aromatic N) is 1. The second-order valence-corrected chi connectivity index (χ2v) is 6.18. The van der Waals surface area contributed by atoms with Gasteiger partial charge in [-0.25, -0.2) is 0 Å². The Bertz CT molecular complexity index is 556. The number of halogens is 2. The first kappa shape index (κ1) is 14.1.